The van der Waals surface area contributed by atoms with Crippen molar-refractivity contribution in [1.82, 2.24) is 0 Å². The molecular weight excluding hydrogens is 391 g/mol. The van der Waals surface area contributed by atoms with Crippen LogP contribution in [-0.4, -0.2) is 11.7 Å². The van der Waals surface area contributed by atoms with Gasteiger partial charge in [0.25, 0.3) is 0 Å². The zero-order valence-corrected chi connectivity index (χ0v) is 13.8. The Balaban J connectivity index is 1.88. The summed E-state index contributed by atoms with van der Waals surface area (Å²) >= 11 is 2.17. The first-order chi connectivity index (χ1) is 10.6. The number of hydrogen-bond acceptors (Lipinski definition) is 3. The number of benzene rings is 2. The molecule has 0 saturated carbocycles. The number of rotatable bonds is 5. The number of carbonyl (C=O) groups excluding carboxylic acids is 2. The minimum Gasteiger partial charge on any atom is -0.326 e. The largest absolute Gasteiger partial charge is 0.326 e. The van der Waals surface area contributed by atoms with Gasteiger partial charge in [0.15, 0.2) is 5.78 Å². The lowest BCUT2D eigenvalue weighted by Crippen LogP contribution is -2.13. The van der Waals surface area contributed by atoms with Gasteiger partial charge in [-0.05, 0) is 52.9 Å². The predicted octanol–water partition coefficient (Wildman–Crippen LogP) is 3.76. The fraction of sp³-hybridized carbons (Fsp3) is 0.118. The lowest BCUT2D eigenvalue weighted by Gasteiger charge is -2.05. The highest BCUT2D eigenvalue weighted by atomic mass is 127. The van der Waals surface area contributed by atoms with Crippen LogP contribution >= 0.6 is 22.6 Å². The molecule has 0 aliphatic rings. The number of amides is 1. The van der Waals surface area contributed by atoms with E-state index in [2.05, 4.69) is 27.9 Å². The van der Waals surface area contributed by atoms with Crippen LogP contribution in [0.25, 0.3) is 0 Å². The monoisotopic (exact) mass is 404 g/mol. The Morgan fingerprint density at radius 1 is 1.09 bits per heavy atom. The van der Waals surface area contributed by atoms with Crippen molar-refractivity contribution in [2.24, 2.45) is 0 Å². The van der Waals surface area contributed by atoms with Gasteiger partial charge in [-0.1, -0.05) is 18.2 Å². The van der Waals surface area contributed by atoms with Crippen LogP contribution in [0.1, 0.15) is 28.8 Å². The van der Waals surface area contributed by atoms with Crippen molar-refractivity contribution in [2.75, 3.05) is 5.32 Å². The van der Waals surface area contributed by atoms with Gasteiger partial charge in [-0.25, -0.2) is 0 Å². The first-order valence-corrected chi connectivity index (χ1v) is 7.75. The highest BCUT2D eigenvalue weighted by molar-refractivity contribution is 14.1. The van der Waals surface area contributed by atoms with E-state index < -0.39 is 0 Å². The summed E-state index contributed by atoms with van der Waals surface area (Å²) in [7, 11) is 0. The van der Waals surface area contributed by atoms with Crippen molar-refractivity contribution >= 4 is 40.0 Å². The van der Waals surface area contributed by atoms with Crippen molar-refractivity contribution in [3.63, 3.8) is 0 Å². The van der Waals surface area contributed by atoms with E-state index in [9.17, 15) is 9.59 Å². The van der Waals surface area contributed by atoms with Crippen LogP contribution in [0, 0.1) is 14.9 Å². The Morgan fingerprint density at radius 3 is 2.50 bits per heavy atom. The summed E-state index contributed by atoms with van der Waals surface area (Å²) < 4.78 is 1.06. The van der Waals surface area contributed by atoms with Gasteiger partial charge in [-0.2, -0.15) is 5.26 Å². The number of carbonyl (C=O) groups is 2. The molecule has 0 spiro atoms. The molecule has 5 heteroatoms. The van der Waals surface area contributed by atoms with Crippen LogP contribution in [0.5, 0.6) is 0 Å². The molecule has 0 saturated heterocycles. The van der Waals surface area contributed by atoms with Gasteiger partial charge < -0.3 is 5.32 Å². The fourth-order valence-electron chi connectivity index (χ4n) is 1.90. The minimum absolute atomic E-state index is 0.0580. The molecule has 0 heterocycles. The fourth-order valence-corrected chi connectivity index (χ4v) is 2.26. The molecule has 110 valence electrons. The summed E-state index contributed by atoms with van der Waals surface area (Å²) in [6.07, 6.45) is 0.270. The van der Waals surface area contributed by atoms with Gasteiger partial charge in [0.2, 0.25) is 5.91 Å². The Morgan fingerprint density at radius 2 is 1.82 bits per heavy atom. The smallest absolute Gasteiger partial charge is 0.224 e. The molecule has 1 amide bonds. The molecular formula is C17H13IN2O2. The molecule has 0 bridgehead atoms. The first-order valence-electron chi connectivity index (χ1n) is 6.67. The van der Waals surface area contributed by atoms with Crippen LogP contribution in [0.15, 0.2) is 48.5 Å². The van der Waals surface area contributed by atoms with Crippen LogP contribution in [0.2, 0.25) is 0 Å². The van der Waals surface area contributed by atoms with E-state index in [0.717, 1.165) is 3.57 Å². The van der Waals surface area contributed by atoms with Crippen LogP contribution in [0.4, 0.5) is 5.69 Å². The number of nitriles is 1. The van der Waals surface area contributed by atoms with Crippen molar-refractivity contribution < 1.29 is 9.59 Å². The highest BCUT2D eigenvalue weighted by Crippen LogP contribution is 2.12. The van der Waals surface area contributed by atoms with E-state index in [-0.39, 0.29) is 24.5 Å². The SMILES string of the molecule is N#Cc1cccc(NC(=O)CCC(=O)c2ccc(I)cc2)c1. The molecule has 2 aromatic rings. The molecule has 0 radical (unpaired) electrons. The van der Waals surface area contributed by atoms with Gasteiger partial charge in [-0.15, -0.1) is 0 Å². The molecule has 22 heavy (non-hydrogen) atoms. The number of halogens is 1. The summed E-state index contributed by atoms with van der Waals surface area (Å²) in [4.78, 5) is 23.8. The normalized spacial score (nSPS) is 9.82. The highest BCUT2D eigenvalue weighted by Gasteiger charge is 2.09. The molecule has 2 rings (SSSR count). The van der Waals surface area contributed by atoms with Crippen LogP contribution < -0.4 is 5.32 Å². The maximum Gasteiger partial charge on any atom is 0.224 e. The Kier molecular flexibility index (Phi) is 5.67. The van der Waals surface area contributed by atoms with E-state index in [1.165, 1.54) is 0 Å². The molecule has 0 atom stereocenters. The minimum atomic E-state index is -0.242. The van der Waals surface area contributed by atoms with Crippen molar-refractivity contribution in [2.45, 2.75) is 12.8 Å². The number of nitrogens with one attached hydrogen (secondary N) is 1. The van der Waals surface area contributed by atoms with E-state index in [1.54, 1.807) is 36.4 Å². The maximum atomic E-state index is 12.0. The lowest BCUT2D eigenvalue weighted by atomic mass is 10.1. The quantitative estimate of drug-likeness (QED) is 0.610. The standard InChI is InChI=1S/C17H13IN2O2/c18-14-6-4-13(5-7-14)16(21)8-9-17(22)20-15-3-1-2-12(10-15)11-19/h1-7,10H,8-9H2,(H,20,22). The molecule has 2 aromatic carbocycles. The summed E-state index contributed by atoms with van der Waals surface area (Å²) in [5.41, 5.74) is 1.65. The van der Waals surface area contributed by atoms with Gasteiger partial charge >= 0.3 is 0 Å². The predicted molar refractivity (Wildman–Crippen MR) is 92.5 cm³/mol. The molecule has 0 fully saturated rings. The summed E-state index contributed by atoms with van der Waals surface area (Å²) in [5, 5.41) is 11.5. The molecule has 1 N–H and O–H groups in total. The topological polar surface area (TPSA) is 70.0 Å². The van der Waals surface area contributed by atoms with Crippen LogP contribution in [0.3, 0.4) is 0 Å². The molecule has 0 unspecified atom stereocenters. The Bertz CT molecular complexity index is 733. The third-order valence-corrected chi connectivity index (χ3v) is 3.74. The Hall–Kier alpha value is -2.20. The average Bonchev–Trinajstić information content (AvgIpc) is 2.53. The number of Topliss-reactive ketones (excluding diaryl/α,β-unsaturated/α-hetero) is 1. The second kappa shape index (κ2) is 7.71. The lowest BCUT2D eigenvalue weighted by molar-refractivity contribution is -0.116. The zero-order valence-electron chi connectivity index (χ0n) is 11.7. The van der Waals surface area contributed by atoms with E-state index in [4.69, 9.17) is 5.26 Å². The summed E-state index contributed by atoms with van der Waals surface area (Å²) in [6.45, 7) is 0. The third kappa shape index (κ3) is 4.67. The Labute approximate surface area is 142 Å². The molecule has 0 aromatic heterocycles. The molecule has 4 nitrogen and oxygen atoms in total. The molecule has 0 aliphatic carbocycles. The van der Waals surface area contributed by atoms with E-state index >= 15 is 0 Å². The second-order valence-corrected chi connectivity index (χ2v) is 5.92. The van der Waals surface area contributed by atoms with Gasteiger partial charge in [-0.3, -0.25) is 9.59 Å². The summed E-state index contributed by atoms with van der Waals surface area (Å²) in [6, 6.07) is 15.9. The number of nitrogens with zero attached hydrogens (tertiary/aromatic N) is 1. The average molecular weight is 404 g/mol. The summed E-state index contributed by atoms with van der Waals surface area (Å²) in [5.74, 6) is -0.300. The van der Waals surface area contributed by atoms with E-state index in [0.29, 0.717) is 16.8 Å². The van der Waals surface area contributed by atoms with Crippen molar-refractivity contribution in [3.8, 4) is 6.07 Å². The van der Waals surface area contributed by atoms with Crippen LogP contribution in [-0.2, 0) is 4.79 Å². The maximum absolute atomic E-state index is 12.0. The number of hydrogen-bond donors (Lipinski definition) is 1. The van der Waals surface area contributed by atoms with Crippen molar-refractivity contribution in [1.29, 1.82) is 5.26 Å². The van der Waals surface area contributed by atoms with Gasteiger partial charge in [0, 0.05) is 27.7 Å². The van der Waals surface area contributed by atoms with E-state index in [1.807, 2.05) is 18.2 Å². The number of anilines is 1. The second-order valence-electron chi connectivity index (χ2n) is 4.67. The molecule has 0 aliphatic heterocycles. The third-order valence-electron chi connectivity index (χ3n) is 3.02. The first kappa shape index (κ1) is 16.2. The van der Waals surface area contributed by atoms with Gasteiger partial charge in [0.1, 0.15) is 0 Å². The number of ketones is 1. The van der Waals surface area contributed by atoms with Gasteiger partial charge in [0.05, 0.1) is 11.6 Å². The zero-order chi connectivity index (χ0) is 15.9. The van der Waals surface area contributed by atoms with Crippen molar-refractivity contribution in [3.05, 3.63) is 63.2 Å².